The van der Waals surface area contributed by atoms with Gasteiger partial charge in [-0.1, -0.05) is 0 Å². The number of nitrogens with one attached hydrogen (secondary N) is 3. The van der Waals surface area contributed by atoms with Crippen LogP contribution in [0.3, 0.4) is 0 Å². The van der Waals surface area contributed by atoms with Crippen LogP contribution in [0.1, 0.15) is 49.4 Å². The van der Waals surface area contributed by atoms with Crippen LogP contribution in [0, 0.1) is 0 Å². The van der Waals surface area contributed by atoms with Gasteiger partial charge in [-0.3, -0.25) is 24.0 Å². The van der Waals surface area contributed by atoms with Crippen LogP contribution in [0.2, 0.25) is 0 Å². The van der Waals surface area contributed by atoms with Crippen molar-refractivity contribution in [3.63, 3.8) is 0 Å². The van der Waals surface area contributed by atoms with Gasteiger partial charge in [-0.25, -0.2) is 0 Å². The van der Waals surface area contributed by atoms with E-state index in [0.29, 0.717) is 51.7 Å². The van der Waals surface area contributed by atoms with E-state index in [4.69, 9.17) is 4.74 Å². The Morgan fingerprint density at radius 2 is 1.73 bits per heavy atom. The van der Waals surface area contributed by atoms with E-state index in [0.717, 1.165) is 0 Å². The molecule has 2 bridgehead atoms. The summed E-state index contributed by atoms with van der Waals surface area (Å²) in [4.78, 5) is 65.4. The molecule has 1 aromatic rings. The van der Waals surface area contributed by atoms with Gasteiger partial charge in [0.25, 0.3) is 11.8 Å². The maximum atomic E-state index is 13.0. The highest BCUT2D eigenvalue weighted by atomic mass is 16.5. The smallest absolute Gasteiger partial charge is 0.258 e. The average Bonchev–Trinajstić information content (AvgIpc) is 3.30. The Morgan fingerprint density at radius 1 is 1.00 bits per heavy atom. The number of carbonyl (C=O) groups excluding carboxylic acids is 5. The van der Waals surface area contributed by atoms with Crippen molar-refractivity contribution in [2.45, 2.75) is 51.1 Å². The molecular weight excluding hydrogens is 482 g/mol. The minimum Gasteiger partial charge on any atom is -0.508 e. The molecule has 12 heteroatoms. The molecule has 1 saturated heterocycles. The highest BCUT2D eigenvalue weighted by molar-refractivity contribution is 5.95. The quantitative estimate of drug-likeness (QED) is 0.400. The van der Waals surface area contributed by atoms with Crippen molar-refractivity contribution in [1.82, 2.24) is 25.8 Å². The Labute approximate surface area is 215 Å². The van der Waals surface area contributed by atoms with Crippen molar-refractivity contribution < 1.29 is 33.8 Å². The third kappa shape index (κ3) is 8.09. The van der Waals surface area contributed by atoms with Gasteiger partial charge in [-0.05, 0) is 44.7 Å². The van der Waals surface area contributed by atoms with Crippen molar-refractivity contribution in [3.05, 3.63) is 23.8 Å². The monoisotopic (exact) mass is 517 g/mol. The lowest BCUT2D eigenvalue weighted by Crippen LogP contribution is -2.47. The average molecular weight is 518 g/mol. The van der Waals surface area contributed by atoms with Gasteiger partial charge in [0.15, 0.2) is 6.61 Å². The highest BCUT2D eigenvalue weighted by Gasteiger charge is 2.30. The molecule has 5 amide bonds. The van der Waals surface area contributed by atoms with Crippen molar-refractivity contribution in [3.8, 4) is 11.5 Å². The number of fused-ring (bicyclic) bond motifs is 2. The molecule has 2 heterocycles. The van der Waals surface area contributed by atoms with Gasteiger partial charge in [-0.15, -0.1) is 0 Å². The van der Waals surface area contributed by atoms with E-state index in [9.17, 15) is 29.1 Å². The molecule has 202 valence electrons. The van der Waals surface area contributed by atoms with E-state index in [1.165, 1.54) is 23.1 Å². The number of amides is 5. The molecule has 2 aliphatic heterocycles. The zero-order valence-electron chi connectivity index (χ0n) is 21.2. The molecule has 0 aliphatic carbocycles. The second kappa shape index (κ2) is 12.9. The van der Waals surface area contributed by atoms with Crippen LogP contribution in [-0.2, 0) is 19.2 Å². The summed E-state index contributed by atoms with van der Waals surface area (Å²) < 4.78 is 5.43. The number of phenols is 1. The first kappa shape index (κ1) is 27.8. The minimum absolute atomic E-state index is 0.126. The van der Waals surface area contributed by atoms with Gasteiger partial charge in [-0.2, -0.15) is 0 Å². The Kier molecular flexibility index (Phi) is 9.70. The normalized spacial score (nSPS) is 23.0. The third-order valence-electron chi connectivity index (χ3n) is 6.31. The van der Waals surface area contributed by atoms with Crippen LogP contribution < -0.4 is 20.7 Å². The number of likely N-dealkylation sites (N-methyl/N-ethyl adjacent to an activating group) is 1. The van der Waals surface area contributed by atoms with Crippen LogP contribution >= 0.6 is 0 Å². The predicted octanol–water partition coefficient (Wildman–Crippen LogP) is -0.245. The van der Waals surface area contributed by atoms with E-state index in [1.54, 1.807) is 18.9 Å². The molecule has 0 spiro atoms. The summed E-state index contributed by atoms with van der Waals surface area (Å²) in [6, 6.07) is 2.64. The molecule has 1 fully saturated rings. The fraction of sp³-hybridized carbons (Fsp3) is 0.560. The second-order valence-corrected chi connectivity index (χ2v) is 9.35. The molecule has 12 nitrogen and oxygen atoms in total. The zero-order chi connectivity index (χ0) is 26.9. The summed E-state index contributed by atoms with van der Waals surface area (Å²) in [6.45, 7) is 2.74. The Morgan fingerprint density at radius 3 is 2.46 bits per heavy atom. The molecule has 2 aliphatic rings. The molecule has 37 heavy (non-hydrogen) atoms. The maximum absolute atomic E-state index is 13.0. The summed E-state index contributed by atoms with van der Waals surface area (Å²) in [6.07, 6.45) is 2.53. The van der Waals surface area contributed by atoms with Crippen LogP contribution in [0.25, 0.3) is 0 Å². The molecule has 4 N–H and O–H groups in total. The van der Waals surface area contributed by atoms with E-state index < -0.39 is 30.5 Å². The number of carbonyl (C=O) groups is 5. The summed E-state index contributed by atoms with van der Waals surface area (Å²) in [5, 5.41) is 18.1. The first-order valence-electron chi connectivity index (χ1n) is 12.5. The van der Waals surface area contributed by atoms with Crippen LogP contribution in [0.5, 0.6) is 11.5 Å². The largest absolute Gasteiger partial charge is 0.508 e. The molecule has 1 aromatic carbocycles. The fourth-order valence-electron chi connectivity index (χ4n) is 4.31. The number of phenolic OH excluding ortho intramolecular Hbond substituents is 1. The molecule has 0 radical (unpaired) electrons. The number of hydrogen-bond donors (Lipinski definition) is 4. The number of aromatic hydroxyl groups is 1. The lowest BCUT2D eigenvalue weighted by atomic mass is 10.1. The second-order valence-electron chi connectivity index (χ2n) is 9.35. The molecule has 3 rings (SSSR count). The Bertz CT molecular complexity index is 1030. The van der Waals surface area contributed by atoms with Gasteiger partial charge >= 0.3 is 0 Å². The number of benzene rings is 1. The van der Waals surface area contributed by atoms with Gasteiger partial charge in [0.1, 0.15) is 23.6 Å². The third-order valence-corrected chi connectivity index (χ3v) is 6.31. The predicted molar refractivity (Wildman–Crippen MR) is 133 cm³/mol. The highest BCUT2D eigenvalue weighted by Crippen LogP contribution is 2.22. The molecule has 2 atom stereocenters. The summed E-state index contributed by atoms with van der Waals surface area (Å²) in [5.74, 6) is -1.61. The number of hydrogen-bond acceptors (Lipinski definition) is 7. The van der Waals surface area contributed by atoms with E-state index >= 15 is 0 Å². The van der Waals surface area contributed by atoms with Gasteiger partial charge in [0, 0.05) is 51.3 Å². The van der Waals surface area contributed by atoms with Crippen LogP contribution in [0.4, 0.5) is 0 Å². The first-order chi connectivity index (χ1) is 17.6. The Hall–Kier alpha value is -3.83. The van der Waals surface area contributed by atoms with Gasteiger partial charge in [0.05, 0.1) is 0 Å². The lowest BCUT2D eigenvalue weighted by Gasteiger charge is -2.27. The zero-order valence-corrected chi connectivity index (χ0v) is 21.2. The van der Waals surface area contributed by atoms with E-state index in [-0.39, 0.29) is 41.3 Å². The van der Waals surface area contributed by atoms with Gasteiger partial charge < -0.3 is 35.6 Å². The maximum Gasteiger partial charge on any atom is 0.258 e. The van der Waals surface area contributed by atoms with E-state index in [1.807, 2.05) is 0 Å². The van der Waals surface area contributed by atoms with Crippen LogP contribution in [0.15, 0.2) is 18.2 Å². The number of nitrogens with zero attached hydrogens (tertiary/aromatic N) is 2. The van der Waals surface area contributed by atoms with E-state index in [2.05, 4.69) is 16.0 Å². The van der Waals surface area contributed by atoms with Crippen molar-refractivity contribution in [2.24, 2.45) is 0 Å². The van der Waals surface area contributed by atoms with Crippen LogP contribution in [-0.4, -0.2) is 96.4 Å². The minimum atomic E-state index is -0.777. The summed E-state index contributed by atoms with van der Waals surface area (Å²) >= 11 is 0. The molecule has 0 unspecified atom stereocenters. The number of ether oxygens (including phenoxy) is 1. The Balaban J connectivity index is 1.72. The van der Waals surface area contributed by atoms with Gasteiger partial charge in [0.2, 0.25) is 17.7 Å². The van der Waals surface area contributed by atoms with Crippen molar-refractivity contribution >= 4 is 29.5 Å². The summed E-state index contributed by atoms with van der Waals surface area (Å²) in [5.41, 5.74) is 0.150. The SMILES string of the molecule is C[C@@H]1NC(=O)COc2cc(O)cc(c2)C(=O)NCCCN(C(=O)[C@@H]2CCC(=O)N2)CCCCN(C)C1=O. The van der Waals surface area contributed by atoms with Crippen molar-refractivity contribution in [2.75, 3.05) is 39.8 Å². The first-order valence-corrected chi connectivity index (χ1v) is 12.5. The fourth-order valence-corrected chi connectivity index (χ4v) is 4.31. The summed E-state index contributed by atoms with van der Waals surface area (Å²) in [7, 11) is 1.65. The lowest BCUT2D eigenvalue weighted by molar-refractivity contribution is -0.135. The topological polar surface area (TPSA) is 157 Å². The van der Waals surface area contributed by atoms with Crippen molar-refractivity contribution in [1.29, 1.82) is 0 Å². The standard InChI is InChI=1S/C25H35N5O7/c1-16-24(35)29(2)9-3-4-10-30(25(36)20-6-7-21(32)28-20)11-5-8-26-23(34)17-12-18(31)14-19(13-17)37-15-22(33)27-16/h12-14,16,20,31H,3-11,15H2,1-2H3,(H,26,34)(H,27,33)(H,28,32)/t16-,20-/m0/s1. The molecular formula is C25H35N5O7. The number of rotatable bonds is 1. The molecule has 0 saturated carbocycles. The molecule has 0 aromatic heterocycles.